The Kier molecular flexibility index (Phi) is 4.86. The first-order valence-corrected chi connectivity index (χ1v) is 7.93. The molecule has 0 spiro atoms. The normalized spacial score (nSPS) is 15.2. The van der Waals surface area contributed by atoms with E-state index in [1.807, 2.05) is 18.2 Å². The average Bonchev–Trinajstić information content (AvgIpc) is 2.62. The first kappa shape index (κ1) is 16.1. The summed E-state index contributed by atoms with van der Waals surface area (Å²) in [6.07, 6.45) is 0.587. The third-order valence-corrected chi connectivity index (χ3v) is 4.34. The average molecular weight is 325 g/mol. The zero-order chi connectivity index (χ0) is 16.9. The molecular formula is C18H19N3O3. The summed E-state index contributed by atoms with van der Waals surface area (Å²) < 4.78 is 0. The van der Waals surface area contributed by atoms with Gasteiger partial charge in [-0.2, -0.15) is 0 Å². The zero-order valence-corrected chi connectivity index (χ0v) is 13.3. The molecule has 1 saturated heterocycles. The highest BCUT2D eigenvalue weighted by molar-refractivity contribution is 5.90. The van der Waals surface area contributed by atoms with Crippen LogP contribution in [0.15, 0.2) is 48.5 Å². The Bertz CT molecular complexity index is 726. The SMILES string of the molecule is O=Cc1c(N2CCN(Cc3ccccc3)CC2)cccc1[N+](=O)[O-]. The van der Waals surface area contributed by atoms with Crippen LogP contribution >= 0.6 is 0 Å². The summed E-state index contributed by atoms with van der Waals surface area (Å²) in [4.78, 5) is 26.4. The summed E-state index contributed by atoms with van der Waals surface area (Å²) in [5.41, 5.74) is 1.96. The van der Waals surface area contributed by atoms with Crippen molar-refractivity contribution in [3.63, 3.8) is 0 Å². The van der Waals surface area contributed by atoms with Crippen molar-refractivity contribution in [1.29, 1.82) is 0 Å². The number of rotatable bonds is 5. The number of hydrogen-bond acceptors (Lipinski definition) is 5. The van der Waals surface area contributed by atoms with Gasteiger partial charge in [0.1, 0.15) is 5.56 Å². The summed E-state index contributed by atoms with van der Waals surface area (Å²) in [7, 11) is 0. The first-order valence-electron chi connectivity index (χ1n) is 7.93. The lowest BCUT2D eigenvalue weighted by molar-refractivity contribution is -0.385. The molecule has 0 N–H and O–H groups in total. The van der Waals surface area contributed by atoms with Gasteiger partial charge in [-0.25, -0.2) is 0 Å². The molecule has 124 valence electrons. The van der Waals surface area contributed by atoms with Crippen LogP contribution in [0.4, 0.5) is 11.4 Å². The minimum absolute atomic E-state index is 0.130. The number of nitrogens with zero attached hydrogens (tertiary/aromatic N) is 3. The molecule has 0 saturated carbocycles. The van der Waals surface area contributed by atoms with Gasteiger partial charge in [-0.05, 0) is 11.6 Å². The molecule has 1 heterocycles. The van der Waals surface area contributed by atoms with Gasteiger partial charge >= 0.3 is 0 Å². The fourth-order valence-electron chi connectivity index (χ4n) is 3.09. The van der Waals surface area contributed by atoms with E-state index in [9.17, 15) is 14.9 Å². The largest absolute Gasteiger partial charge is 0.368 e. The Balaban J connectivity index is 1.70. The lowest BCUT2D eigenvalue weighted by Gasteiger charge is -2.36. The molecule has 0 radical (unpaired) electrons. The van der Waals surface area contributed by atoms with Crippen molar-refractivity contribution in [2.45, 2.75) is 6.54 Å². The molecule has 1 aliphatic heterocycles. The molecule has 0 aromatic heterocycles. The zero-order valence-electron chi connectivity index (χ0n) is 13.3. The van der Waals surface area contributed by atoms with Crippen LogP contribution in [-0.4, -0.2) is 42.3 Å². The highest BCUT2D eigenvalue weighted by Crippen LogP contribution is 2.28. The van der Waals surface area contributed by atoms with Gasteiger partial charge in [-0.3, -0.25) is 19.8 Å². The number of nitro benzene ring substituents is 1. The van der Waals surface area contributed by atoms with Crippen molar-refractivity contribution in [2.75, 3.05) is 31.1 Å². The van der Waals surface area contributed by atoms with Crippen LogP contribution in [0.25, 0.3) is 0 Å². The molecule has 1 fully saturated rings. The molecule has 6 nitrogen and oxygen atoms in total. The molecule has 0 amide bonds. The van der Waals surface area contributed by atoms with E-state index in [4.69, 9.17) is 0 Å². The Labute approximate surface area is 140 Å². The summed E-state index contributed by atoms with van der Waals surface area (Å²) in [5.74, 6) is 0. The maximum atomic E-state index is 11.4. The standard InChI is InChI=1S/C18H19N3O3/c22-14-16-17(7-4-8-18(16)21(23)24)20-11-9-19(10-12-20)13-15-5-2-1-3-6-15/h1-8,14H,9-13H2. The molecule has 0 atom stereocenters. The predicted molar refractivity (Wildman–Crippen MR) is 92.4 cm³/mol. The van der Waals surface area contributed by atoms with E-state index in [0.717, 1.165) is 32.7 Å². The molecule has 2 aromatic carbocycles. The number of carbonyl (C=O) groups is 1. The van der Waals surface area contributed by atoms with Gasteiger partial charge in [0.05, 0.1) is 10.6 Å². The van der Waals surface area contributed by atoms with E-state index in [0.29, 0.717) is 12.0 Å². The quantitative estimate of drug-likeness (QED) is 0.480. The molecule has 24 heavy (non-hydrogen) atoms. The van der Waals surface area contributed by atoms with Crippen LogP contribution in [0.5, 0.6) is 0 Å². The van der Waals surface area contributed by atoms with E-state index in [1.165, 1.54) is 11.6 Å². The van der Waals surface area contributed by atoms with Crippen LogP contribution < -0.4 is 4.90 Å². The highest BCUT2D eigenvalue weighted by atomic mass is 16.6. The predicted octanol–water partition coefficient (Wildman–Crippen LogP) is 2.73. The Hall–Kier alpha value is -2.73. The second-order valence-corrected chi connectivity index (χ2v) is 5.83. The van der Waals surface area contributed by atoms with E-state index in [2.05, 4.69) is 21.9 Å². The molecule has 0 bridgehead atoms. The Morgan fingerprint density at radius 2 is 1.71 bits per heavy atom. The van der Waals surface area contributed by atoms with Crippen LogP contribution in [-0.2, 0) is 6.54 Å². The lowest BCUT2D eigenvalue weighted by atomic mass is 10.1. The fraction of sp³-hybridized carbons (Fsp3) is 0.278. The smallest absolute Gasteiger partial charge is 0.281 e. The van der Waals surface area contributed by atoms with Crippen LogP contribution in [0.2, 0.25) is 0 Å². The van der Waals surface area contributed by atoms with E-state index in [1.54, 1.807) is 12.1 Å². The topological polar surface area (TPSA) is 66.7 Å². The van der Waals surface area contributed by atoms with Gasteiger partial charge in [0.2, 0.25) is 0 Å². The summed E-state index contributed by atoms with van der Waals surface area (Å²) in [5, 5.41) is 11.1. The van der Waals surface area contributed by atoms with Gasteiger partial charge in [0, 0.05) is 38.8 Å². The molecule has 0 unspecified atom stereocenters. The molecule has 3 rings (SSSR count). The molecule has 6 heteroatoms. The number of carbonyl (C=O) groups excluding carboxylic acids is 1. The first-order chi connectivity index (χ1) is 11.7. The Morgan fingerprint density at radius 1 is 1.00 bits per heavy atom. The number of anilines is 1. The van der Waals surface area contributed by atoms with Crippen molar-refractivity contribution >= 4 is 17.7 Å². The third kappa shape index (κ3) is 3.44. The monoisotopic (exact) mass is 325 g/mol. The summed E-state index contributed by atoms with van der Waals surface area (Å²) >= 11 is 0. The maximum absolute atomic E-state index is 11.4. The lowest BCUT2D eigenvalue weighted by Crippen LogP contribution is -2.46. The molecular weight excluding hydrogens is 306 g/mol. The van der Waals surface area contributed by atoms with E-state index in [-0.39, 0.29) is 11.3 Å². The minimum atomic E-state index is -0.501. The third-order valence-electron chi connectivity index (χ3n) is 4.34. The van der Waals surface area contributed by atoms with E-state index < -0.39 is 4.92 Å². The van der Waals surface area contributed by atoms with Crippen molar-refractivity contribution in [1.82, 2.24) is 4.90 Å². The van der Waals surface area contributed by atoms with Gasteiger partial charge in [0.15, 0.2) is 6.29 Å². The van der Waals surface area contributed by atoms with Gasteiger partial charge in [0.25, 0.3) is 5.69 Å². The van der Waals surface area contributed by atoms with E-state index >= 15 is 0 Å². The van der Waals surface area contributed by atoms with Crippen molar-refractivity contribution < 1.29 is 9.72 Å². The van der Waals surface area contributed by atoms with Crippen molar-refractivity contribution in [2.24, 2.45) is 0 Å². The Morgan fingerprint density at radius 3 is 2.33 bits per heavy atom. The van der Waals surface area contributed by atoms with Gasteiger partial charge in [-0.15, -0.1) is 0 Å². The van der Waals surface area contributed by atoms with Crippen LogP contribution in [0, 0.1) is 10.1 Å². The van der Waals surface area contributed by atoms with Crippen molar-refractivity contribution in [3.8, 4) is 0 Å². The molecule has 1 aliphatic rings. The number of aldehydes is 1. The number of hydrogen-bond donors (Lipinski definition) is 0. The minimum Gasteiger partial charge on any atom is -0.368 e. The number of nitro groups is 1. The number of benzene rings is 2. The maximum Gasteiger partial charge on any atom is 0.281 e. The van der Waals surface area contributed by atoms with Gasteiger partial charge in [-0.1, -0.05) is 36.4 Å². The summed E-state index contributed by atoms with van der Waals surface area (Å²) in [6, 6.07) is 15.1. The fourth-order valence-corrected chi connectivity index (χ4v) is 3.09. The second-order valence-electron chi connectivity index (χ2n) is 5.83. The second kappa shape index (κ2) is 7.23. The number of piperazine rings is 1. The molecule has 2 aromatic rings. The van der Waals surface area contributed by atoms with Crippen LogP contribution in [0.1, 0.15) is 15.9 Å². The van der Waals surface area contributed by atoms with Crippen molar-refractivity contribution in [3.05, 3.63) is 69.8 Å². The highest BCUT2D eigenvalue weighted by Gasteiger charge is 2.23. The van der Waals surface area contributed by atoms with Crippen LogP contribution in [0.3, 0.4) is 0 Å². The molecule has 0 aliphatic carbocycles. The van der Waals surface area contributed by atoms with Gasteiger partial charge < -0.3 is 4.90 Å². The summed E-state index contributed by atoms with van der Waals surface area (Å²) in [6.45, 7) is 4.10.